The zero-order valence-electron chi connectivity index (χ0n) is 18.0. The van der Waals surface area contributed by atoms with E-state index >= 15 is 0 Å². The molecule has 0 atom stereocenters. The van der Waals surface area contributed by atoms with Crippen LogP contribution in [0.15, 0.2) is 30.5 Å². The highest BCUT2D eigenvalue weighted by molar-refractivity contribution is 5.98. The van der Waals surface area contributed by atoms with Crippen molar-refractivity contribution in [3.05, 3.63) is 53.2 Å². The van der Waals surface area contributed by atoms with E-state index in [9.17, 15) is 18.4 Å². The van der Waals surface area contributed by atoms with Gasteiger partial charge >= 0.3 is 0 Å². The van der Waals surface area contributed by atoms with E-state index in [1.807, 2.05) is 11.0 Å². The van der Waals surface area contributed by atoms with Crippen molar-refractivity contribution in [1.29, 1.82) is 5.26 Å². The van der Waals surface area contributed by atoms with Gasteiger partial charge in [-0.05, 0) is 30.7 Å². The molecule has 0 saturated carbocycles. The Kier molecular flexibility index (Phi) is 5.55. The van der Waals surface area contributed by atoms with Crippen LogP contribution in [0.1, 0.15) is 23.4 Å². The fourth-order valence-electron chi connectivity index (χ4n) is 4.30. The molecule has 1 aliphatic rings. The minimum Gasteiger partial charge on any atom is -0.394 e. The third-order valence-electron chi connectivity index (χ3n) is 5.83. The minimum atomic E-state index is -2.95. The summed E-state index contributed by atoms with van der Waals surface area (Å²) in [6.45, 7) is 2.66. The maximum atomic E-state index is 13.8. The molecule has 11 heteroatoms. The maximum absolute atomic E-state index is 13.8. The number of alkyl halides is 2. The monoisotopic (exact) mass is 468 g/mol. The first-order chi connectivity index (χ1) is 16.4. The molecule has 1 N–H and O–H groups in total. The Labute approximate surface area is 191 Å². The number of nitriles is 1. The molecule has 174 valence electrons. The number of hydrogen-bond acceptors (Lipinski definition) is 7. The fourth-order valence-corrected chi connectivity index (χ4v) is 4.30. The molecular weight excluding hydrogens is 449 g/mol. The van der Waals surface area contributed by atoms with E-state index < -0.39 is 17.9 Å². The van der Waals surface area contributed by atoms with Crippen molar-refractivity contribution in [2.45, 2.75) is 19.5 Å². The first kappa shape index (κ1) is 22.1. The number of anilines is 1. The van der Waals surface area contributed by atoms with Gasteiger partial charge in [-0.15, -0.1) is 0 Å². The predicted octanol–water partition coefficient (Wildman–Crippen LogP) is 3.40. The van der Waals surface area contributed by atoms with Crippen molar-refractivity contribution in [3.8, 4) is 17.2 Å². The van der Waals surface area contributed by atoms with E-state index in [0.717, 1.165) is 0 Å². The van der Waals surface area contributed by atoms with Crippen molar-refractivity contribution < 1.29 is 23.0 Å². The van der Waals surface area contributed by atoms with Crippen LogP contribution in [-0.4, -0.2) is 57.1 Å². The lowest BCUT2D eigenvalue weighted by Gasteiger charge is -2.41. The zero-order chi connectivity index (χ0) is 24.0. The number of ether oxygens (including phenoxy) is 1. The summed E-state index contributed by atoms with van der Waals surface area (Å²) in [6.07, 6.45) is -1.57. The van der Waals surface area contributed by atoms with Crippen LogP contribution in [0, 0.1) is 24.1 Å². The number of fused-ring (bicyclic) bond motifs is 2. The van der Waals surface area contributed by atoms with E-state index in [1.54, 1.807) is 25.3 Å². The number of hydrogen-bond donors (Lipinski definition) is 1. The molecule has 3 aromatic heterocycles. The number of aliphatic hydroxyl groups is 1. The molecule has 0 spiro atoms. The van der Waals surface area contributed by atoms with Crippen LogP contribution in [0.5, 0.6) is 0 Å². The van der Waals surface area contributed by atoms with Crippen LogP contribution in [0.4, 0.5) is 19.0 Å². The lowest BCUT2D eigenvalue weighted by molar-refractivity contribution is 0.0132. The molecule has 0 amide bonds. The Hall–Kier alpha value is -3.75. The summed E-state index contributed by atoms with van der Waals surface area (Å²) in [5.74, 6) is 0.0492. The van der Waals surface area contributed by atoms with Crippen molar-refractivity contribution in [1.82, 2.24) is 19.6 Å². The largest absolute Gasteiger partial charge is 0.394 e. The molecular formula is C23H19F3N6O2. The third-order valence-corrected chi connectivity index (χ3v) is 5.83. The van der Waals surface area contributed by atoms with Gasteiger partial charge in [0.25, 0.3) is 6.43 Å². The SMILES string of the molecule is Cc1nc2c(C#N)c(C(F)F)nn2c(N2CC(OCCO)C2)c1-c1ccnc2cc(F)ccc12. The van der Waals surface area contributed by atoms with E-state index in [2.05, 4.69) is 15.1 Å². The molecule has 0 radical (unpaired) electrons. The molecule has 0 unspecified atom stereocenters. The number of aromatic nitrogens is 4. The summed E-state index contributed by atoms with van der Waals surface area (Å²) in [5, 5.41) is 23.3. The average Bonchev–Trinajstić information content (AvgIpc) is 3.15. The van der Waals surface area contributed by atoms with Crippen LogP contribution >= 0.6 is 0 Å². The van der Waals surface area contributed by atoms with Crippen LogP contribution in [0.25, 0.3) is 27.7 Å². The van der Waals surface area contributed by atoms with Gasteiger partial charge in [0.15, 0.2) is 5.65 Å². The average molecular weight is 468 g/mol. The topological polar surface area (TPSA) is 99.6 Å². The molecule has 1 aromatic carbocycles. The Balaban J connectivity index is 1.77. The van der Waals surface area contributed by atoms with Gasteiger partial charge in [-0.2, -0.15) is 14.9 Å². The van der Waals surface area contributed by atoms with Gasteiger partial charge in [-0.1, -0.05) is 0 Å². The van der Waals surface area contributed by atoms with Gasteiger partial charge < -0.3 is 14.7 Å². The highest BCUT2D eigenvalue weighted by atomic mass is 19.3. The van der Waals surface area contributed by atoms with Crippen LogP contribution in [-0.2, 0) is 4.74 Å². The second kappa shape index (κ2) is 8.55. The number of rotatable bonds is 6. The standard InChI is InChI=1S/C23H19F3N6O2/c1-12-19(16-4-5-28-18-8-13(24)2-3-15(16)18)23(31-10-14(11-31)34-7-6-33)32-22(29-12)17(9-27)20(30-32)21(25)26/h2-5,8,14,21,33H,6-7,10-11H2,1H3. The molecule has 0 bridgehead atoms. The van der Waals surface area contributed by atoms with Gasteiger partial charge in [0, 0.05) is 36.3 Å². The highest BCUT2D eigenvalue weighted by Gasteiger charge is 2.34. The van der Waals surface area contributed by atoms with Crippen LogP contribution in [0.2, 0.25) is 0 Å². The summed E-state index contributed by atoms with van der Waals surface area (Å²) >= 11 is 0. The third kappa shape index (κ3) is 3.52. The molecule has 4 heterocycles. The summed E-state index contributed by atoms with van der Waals surface area (Å²) in [5.41, 5.74) is 1.35. The lowest BCUT2D eigenvalue weighted by atomic mass is 9.98. The molecule has 0 aliphatic carbocycles. The van der Waals surface area contributed by atoms with Crippen molar-refractivity contribution in [2.75, 3.05) is 31.2 Å². The van der Waals surface area contributed by atoms with Crippen molar-refractivity contribution in [2.24, 2.45) is 0 Å². The molecule has 1 aliphatic heterocycles. The summed E-state index contributed by atoms with van der Waals surface area (Å²) < 4.78 is 48.1. The molecule has 1 fully saturated rings. The lowest BCUT2D eigenvalue weighted by Crippen LogP contribution is -2.53. The molecule has 4 aromatic rings. The summed E-state index contributed by atoms with van der Waals surface area (Å²) in [6, 6.07) is 7.82. The van der Waals surface area contributed by atoms with Gasteiger partial charge in [0.05, 0.1) is 30.5 Å². The fraction of sp³-hybridized carbons (Fsp3) is 0.304. The number of halogens is 3. The smallest absolute Gasteiger partial charge is 0.283 e. The second-order valence-corrected chi connectivity index (χ2v) is 7.95. The quantitative estimate of drug-likeness (QED) is 0.463. The maximum Gasteiger partial charge on any atom is 0.283 e. The number of aryl methyl sites for hydroxylation is 1. The van der Waals surface area contributed by atoms with Crippen LogP contribution < -0.4 is 4.90 Å². The Morgan fingerprint density at radius 2 is 2.09 bits per heavy atom. The van der Waals surface area contributed by atoms with Gasteiger partial charge in [-0.3, -0.25) is 4.98 Å². The first-order valence-electron chi connectivity index (χ1n) is 10.6. The Morgan fingerprint density at radius 3 is 2.79 bits per heavy atom. The summed E-state index contributed by atoms with van der Waals surface area (Å²) in [4.78, 5) is 10.6. The predicted molar refractivity (Wildman–Crippen MR) is 117 cm³/mol. The van der Waals surface area contributed by atoms with E-state index in [4.69, 9.17) is 9.84 Å². The number of nitrogens with zero attached hydrogens (tertiary/aromatic N) is 6. The van der Waals surface area contributed by atoms with Crippen molar-refractivity contribution in [3.63, 3.8) is 0 Å². The molecule has 34 heavy (non-hydrogen) atoms. The number of pyridine rings is 1. The van der Waals surface area contributed by atoms with Crippen molar-refractivity contribution >= 4 is 22.4 Å². The first-order valence-corrected chi connectivity index (χ1v) is 10.6. The van der Waals surface area contributed by atoms with E-state index in [0.29, 0.717) is 46.6 Å². The van der Waals surface area contributed by atoms with E-state index in [1.165, 1.54) is 16.6 Å². The minimum absolute atomic E-state index is 0.0400. The van der Waals surface area contributed by atoms with Gasteiger partial charge in [-0.25, -0.2) is 18.2 Å². The van der Waals surface area contributed by atoms with Gasteiger partial charge in [0.1, 0.15) is 29.0 Å². The molecule has 5 rings (SSSR count). The Bertz CT molecular complexity index is 1440. The molecule has 1 saturated heterocycles. The number of benzene rings is 1. The molecule has 8 nitrogen and oxygen atoms in total. The van der Waals surface area contributed by atoms with Gasteiger partial charge in [0.2, 0.25) is 0 Å². The normalized spacial score (nSPS) is 14.2. The Morgan fingerprint density at radius 1 is 1.29 bits per heavy atom. The zero-order valence-corrected chi connectivity index (χ0v) is 18.0. The van der Waals surface area contributed by atoms with E-state index in [-0.39, 0.29) is 30.5 Å². The highest BCUT2D eigenvalue weighted by Crippen LogP contribution is 2.40. The number of aliphatic hydroxyl groups excluding tert-OH is 1. The summed E-state index contributed by atoms with van der Waals surface area (Å²) in [7, 11) is 0. The van der Waals surface area contributed by atoms with Crippen LogP contribution in [0.3, 0.4) is 0 Å². The second-order valence-electron chi connectivity index (χ2n) is 7.95.